The standard InChI is InChI=1S/C36H46F5N5O4/c1-5-34(6-2)19-46(28-8-7-25(16-27(28)34)50-24-9-11-45(12-10-24)20-36(39,40)41)32-42-18-26(29(43-32)33(4,37)38)30(47)44-35(31(48)49)17-22-13-21(3)14-23(35)15-22/h7-8,16,18,21-24H,5-6,9-15,17,19-20H2,1-4H3,(H,44,47)(H,48,49). The average molecular weight is 708 g/mol. The Morgan fingerprint density at radius 3 is 2.40 bits per heavy atom. The Morgan fingerprint density at radius 1 is 1.08 bits per heavy atom. The normalized spacial score (nSPS) is 26.9. The summed E-state index contributed by atoms with van der Waals surface area (Å²) in [7, 11) is 0. The van der Waals surface area contributed by atoms with Crippen LogP contribution in [0.2, 0.25) is 0 Å². The molecule has 1 aromatic carbocycles. The lowest BCUT2D eigenvalue weighted by molar-refractivity contribution is -0.149. The van der Waals surface area contributed by atoms with E-state index in [0.717, 1.165) is 18.2 Å². The van der Waals surface area contributed by atoms with Gasteiger partial charge in [-0.2, -0.15) is 22.0 Å². The molecule has 4 atom stereocenters. The number of hydrogen-bond acceptors (Lipinski definition) is 7. The van der Waals surface area contributed by atoms with Gasteiger partial charge in [-0.3, -0.25) is 9.69 Å². The number of alkyl halides is 5. The Kier molecular flexibility index (Phi) is 9.58. The molecule has 1 aromatic heterocycles. The van der Waals surface area contributed by atoms with Crippen LogP contribution in [0.25, 0.3) is 0 Å². The lowest BCUT2D eigenvalue weighted by Gasteiger charge is -2.33. The highest BCUT2D eigenvalue weighted by Gasteiger charge is 2.56. The van der Waals surface area contributed by atoms with Gasteiger partial charge in [-0.15, -0.1) is 0 Å². The summed E-state index contributed by atoms with van der Waals surface area (Å²) >= 11 is 0. The smallest absolute Gasteiger partial charge is 0.401 e. The number of anilines is 2. The molecule has 1 amide bonds. The molecule has 1 saturated heterocycles. The van der Waals surface area contributed by atoms with Crippen molar-refractivity contribution in [2.75, 3.05) is 31.1 Å². The number of hydrogen-bond donors (Lipinski definition) is 2. The fraction of sp³-hybridized carbons (Fsp3) is 0.667. The number of nitrogens with zero attached hydrogens (tertiary/aromatic N) is 4. The minimum atomic E-state index is -4.25. The van der Waals surface area contributed by atoms with Gasteiger partial charge in [-0.25, -0.2) is 14.8 Å². The quantitative estimate of drug-likeness (QED) is 0.250. The van der Waals surface area contributed by atoms with Crippen LogP contribution in [-0.4, -0.2) is 75.8 Å². The van der Waals surface area contributed by atoms with Gasteiger partial charge < -0.3 is 20.1 Å². The predicted octanol–water partition coefficient (Wildman–Crippen LogP) is 7.21. The third kappa shape index (κ3) is 6.88. The minimum absolute atomic E-state index is 0.00713. The second kappa shape index (κ2) is 13.2. The number of carbonyl (C=O) groups is 2. The van der Waals surface area contributed by atoms with Gasteiger partial charge in [-0.1, -0.05) is 20.8 Å². The minimum Gasteiger partial charge on any atom is -0.490 e. The SMILES string of the molecule is CCC1(CC)CN(c2ncc(C(=O)NC3(C(=O)O)CC4CC(C)CC3C4)c(C(C)(F)F)n2)c2ccc(OC3CCN(CC(F)(F)F)CC3)cc21. The van der Waals surface area contributed by atoms with Crippen molar-refractivity contribution in [2.45, 2.75) is 108 Å². The van der Waals surface area contributed by atoms with Crippen LogP contribution in [-0.2, 0) is 16.1 Å². The molecular formula is C36H46F5N5O4. The number of carboxylic acids is 1. The van der Waals surface area contributed by atoms with Crippen molar-refractivity contribution < 1.29 is 41.4 Å². The van der Waals surface area contributed by atoms with E-state index in [-0.39, 0.29) is 43.4 Å². The molecule has 2 aliphatic heterocycles. The maximum atomic E-state index is 15.3. The summed E-state index contributed by atoms with van der Waals surface area (Å²) in [4.78, 5) is 38.2. The van der Waals surface area contributed by atoms with Crippen LogP contribution in [0.3, 0.4) is 0 Å². The fourth-order valence-corrected chi connectivity index (χ4v) is 9.06. The van der Waals surface area contributed by atoms with Crippen molar-refractivity contribution in [1.29, 1.82) is 0 Å². The number of fused-ring (bicyclic) bond motifs is 3. The van der Waals surface area contributed by atoms with E-state index in [0.29, 0.717) is 69.3 Å². The number of benzene rings is 1. The molecule has 274 valence electrons. The molecule has 2 aromatic rings. The Morgan fingerprint density at radius 2 is 1.78 bits per heavy atom. The molecule has 14 heteroatoms. The van der Waals surface area contributed by atoms with Gasteiger partial charge in [0.05, 0.1) is 12.1 Å². The van der Waals surface area contributed by atoms with Crippen LogP contribution < -0.4 is 15.0 Å². The maximum Gasteiger partial charge on any atom is 0.401 e. The summed E-state index contributed by atoms with van der Waals surface area (Å²) in [6.07, 6.45) is 1.35. The number of rotatable bonds is 10. The van der Waals surface area contributed by atoms with Crippen molar-refractivity contribution in [2.24, 2.45) is 17.8 Å². The summed E-state index contributed by atoms with van der Waals surface area (Å²) in [5, 5.41) is 13.0. The lowest BCUT2D eigenvalue weighted by Crippen LogP contribution is -2.57. The molecule has 4 aliphatic rings. The number of carbonyl (C=O) groups excluding carboxylic acids is 1. The number of halogens is 5. The Bertz CT molecular complexity index is 1600. The molecule has 2 bridgehead atoms. The second-order valence-corrected chi connectivity index (χ2v) is 15.1. The van der Waals surface area contributed by atoms with Crippen molar-refractivity contribution in [3.63, 3.8) is 0 Å². The van der Waals surface area contributed by atoms with Gasteiger partial charge in [0.25, 0.3) is 11.8 Å². The Balaban J connectivity index is 1.26. The number of amides is 1. The van der Waals surface area contributed by atoms with Gasteiger partial charge in [0.2, 0.25) is 5.95 Å². The molecule has 2 saturated carbocycles. The highest BCUT2D eigenvalue weighted by molar-refractivity contribution is 5.99. The van der Waals surface area contributed by atoms with Crippen molar-refractivity contribution in [3.8, 4) is 5.75 Å². The zero-order valence-corrected chi connectivity index (χ0v) is 29.0. The average Bonchev–Trinajstić information content (AvgIpc) is 3.51. The largest absolute Gasteiger partial charge is 0.490 e. The maximum absolute atomic E-state index is 15.3. The molecule has 0 spiro atoms. The fourth-order valence-electron chi connectivity index (χ4n) is 9.06. The Hall–Kier alpha value is -3.55. The van der Waals surface area contributed by atoms with Crippen LogP contribution in [0.15, 0.2) is 24.4 Å². The van der Waals surface area contributed by atoms with E-state index in [4.69, 9.17) is 4.74 Å². The van der Waals surface area contributed by atoms with E-state index in [9.17, 15) is 27.9 Å². The van der Waals surface area contributed by atoms with Crippen LogP contribution >= 0.6 is 0 Å². The van der Waals surface area contributed by atoms with Crippen LogP contribution in [0, 0.1) is 17.8 Å². The van der Waals surface area contributed by atoms with Gasteiger partial charge >= 0.3 is 12.1 Å². The first kappa shape index (κ1) is 36.2. The van der Waals surface area contributed by atoms with Crippen LogP contribution in [0.5, 0.6) is 5.75 Å². The molecule has 9 nitrogen and oxygen atoms in total. The highest BCUT2D eigenvalue weighted by Crippen LogP contribution is 2.51. The van der Waals surface area contributed by atoms with Gasteiger partial charge in [0.15, 0.2) is 0 Å². The summed E-state index contributed by atoms with van der Waals surface area (Å²) in [6.45, 7) is 6.81. The zero-order chi connectivity index (χ0) is 36.2. The first-order chi connectivity index (χ1) is 23.5. The molecule has 3 heterocycles. The number of piperidine rings is 1. The molecule has 6 rings (SSSR count). The van der Waals surface area contributed by atoms with Crippen LogP contribution in [0.4, 0.5) is 33.6 Å². The van der Waals surface area contributed by atoms with Gasteiger partial charge in [0, 0.05) is 43.9 Å². The molecular weight excluding hydrogens is 661 g/mol. The Labute approximate surface area is 289 Å². The van der Waals surface area contributed by atoms with E-state index in [2.05, 4.69) is 22.2 Å². The van der Waals surface area contributed by atoms with Gasteiger partial charge in [0.1, 0.15) is 23.1 Å². The van der Waals surface area contributed by atoms with E-state index in [1.807, 2.05) is 26.0 Å². The number of aliphatic carboxylic acids is 1. The monoisotopic (exact) mass is 707 g/mol. The molecule has 0 radical (unpaired) electrons. The van der Waals surface area contributed by atoms with Gasteiger partial charge in [-0.05, 0) is 92.9 Å². The number of ether oxygens (including phenoxy) is 1. The highest BCUT2D eigenvalue weighted by atomic mass is 19.4. The zero-order valence-electron chi connectivity index (χ0n) is 29.0. The molecule has 2 aliphatic carbocycles. The first-order valence-electron chi connectivity index (χ1n) is 17.7. The summed E-state index contributed by atoms with van der Waals surface area (Å²) in [5.41, 5.74) is -1.54. The predicted molar refractivity (Wildman–Crippen MR) is 176 cm³/mol. The lowest BCUT2D eigenvalue weighted by atomic mass is 9.77. The van der Waals surface area contributed by atoms with E-state index in [1.54, 1.807) is 11.0 Å². The summed E-state index contributed by atoms with van der Waals surface area (Å²) in [6, 6.07) is 5.50. The third-order valence-electron chi connectivity index (χ3n) is 11.6. The molecule has 4 unspecified atom stereocenters. The van der Waals surface area contributed by atoms with E-state index >= 15 is 8.78 Å². The van der Waals surface area contributed by atoms with E-state index in [1.165, 1.54) is 4.90 Å². The molecule has 2 N–H and O–H groups in total. The van der Waals surface area contributed by atoms with Crippen LogP contribution in [0.1, 0.15) is 101 Å². The van der Waals surface area contributed by atoms with Crippen molar-refractivity contribution >= 4 is 23.5 Å². The van der Waals surface area contributed by atoms with Crippen molar-refractivity contribution in [1.82, 2.24) is 20.2 Å². The molecule has 3 fully saturated rings. The first-order valence-corrected chi connectivity index (χ1v) is 17.7. The second-order valence-electron chi connectivity index (χ2n) is 15.1. The summed E-state index contributed by atoms with van der Waals surface area (Å²) < 4.78 is 75.3. The third-order valence-corrected chi connectivity index (χ3v) is 11.6. The number of carboxylic acid groups (broad SMARTS) is 1. The topological polar surface area (TPSA) is 108 Å². The molecule has 50 heavy (non-hydrogen) atoms. The van der Waals surface area contributed by atoms with Crippen molar-refractivity contribution in [3.05, 3.63) is 41.2 Å². The van der Waals surface area contributed by atoms with E-state index < -0.39 is 52.7 Å². The number of likely N-dealkylation sites (tertiary alicyclic amines) is 1. The summed E-state index contributed by atoms with van der Waals surface area (Å²) in [5.74, 6) is -4.90. The number of nitrogens with one attached hydrogen (secondary N) is 1. The number of aromatic nitrogens is 2.